The van der Waals surface area contributed by atoms with Gasteiger partial charge in [0.2, 0.25) is 5.91 Å². The van der Waals surface area contributed by atoms with Crippen molar-refractivity contribution in [2.75, 3.05) is 61.3 Å². The molecule has 1 aliphatic carbocycles. The Morgan fingerprint density at radius 2 is 1.35 bits per heavy atom. The van der Waals surface area contributed by atoms with Crippen LogP contribution in [0.15, 0.2) is 36.9 Å². The number of hydrogen-bond donors (Lipinski definition) is 0. The zero-order valence-electron chi connectivity index (χ0n) is 29.9. The number of amides is 1. The number of carbonyl (C=O) groups excluding carboxylic acids is 3. The van der Waals surface area contributed by atoms with E-state index in [2.05, 4.69) is 18.4 Å². The van der Waals surface area contributed by atoms with Crippen LogP contribution >= 0.6 is 0 Å². The van der Waals surface area contributed by atoms with Crippen LogP contribution < -0.4 is 18.9 Å². The third-order valence-electron chi connectivity index (χ3n) is 10.9. The van der Waals surface area contributed by atoms with Crippen molar-refractivity contribution >= 4 is 17.8 Å². The fourth-order valence-electron chi connectivity index (χ4n) is 8.65. The summed E-state index contributed by atoms with van der Waals surface area (Å²) in [6.45, 7) is 11.5. The number of nitrogens with zero attached hydrogens (tertiary/aromatic N) is 2. The van der Waals surface area contributed by atoms with Crippen LogP contribution in [0.1, 0.15) is 68.3 Å². The molecule has 1 amide bonds. The molecule has 11 nitrogen and oxygen atoms in total. The Kier molecular flexibility index (Phi) is 10.8. The van der Waals surface area contributed by atoms with E-state index in [1.807, 2.05) is 29.2 Å². The normalized spacial score (nSPS) is 22.7. The first kappa shape index (κ1) is 36.0. The van der Waals surface area contributed by atoms with Crippen molar-refractivity contribution in [2.24, 2.45) is 11.3 Å². The maximum Gasteiger partial charge on any atom is 0.323 e. The molecule has 3 atom stereocenters. The van der Waals surface area contributed by atoms with Crippen LogP contribution in [0.3, 0.4) is 0 Å². The Morgan fingerprint density at radius 3 is 1.90 bits per heavy atom. The van der Waals surface area contributed by atoms with Crippen molar-refractivity contribution in [1.82, 2.24) is 9.80 Å². The summed E-state index contributed by atoms with van der Waals surface area (Å²) in [5.74, 6) is 0.376. The van der Waals surface area contributed by atoms with E-state index in [0.29, 0.717) is 42.5 Å². The van der Waals surface area contributed by atoms with Crippen LogP contribution in [0, 0.1) is 11.3 Å². The van der Waals surface area contributed by atoms with Gasteiger partial charge >= 0.3 is 11.9 Å². The minimum Gasteiger partial charge on any atom is -0.493 e. The molecule has 0 saturated heterocycles. The number of esters is 2. The first-order valence-electron chi connectivity index (χ1n) is 17.2. The average molecular weight is 679 g/mol. The van der Waals surface area contributed by atoms with Gasteiger partial charge in [0, 0.05) is 25.0 Å². The van der Waals surface area contributed by atoms with E-state index in [1.165, 1.54) is 6.08 Å². The SMILES string of the molecule is C=CC(=O)N1CCc2cc(OC)c(OC)cc2[C@]12CCC(C(=O)OCC)(C(=O)OCC)C[C@@H]2C1c2cc(OC)c(OC)cc2CCN1CC. The summed E-state index contributed by atoms with van der Waals surface area (Å²) >= 11 is 0. The Morgan fingerprint density at radius 1 is 0.796 bits per heavy atom. The molecule has 2 aliphatic heterocycles. The minimum atomic E-state index is -1.59. The van der Waals surface area contributed by atoms with Gasteiger partial charge in [-0.2, -0.15) is 0 Å². The maximum absolute atomic E-state index is 14.1. The number of rotatable bonds is 11. The second-order valence-electron chi connectivity index (χ2n) is 12.8. The summed E-state index contributed by atoms with van der Waals surface area (Å²) in [6, 6.07) is 7.64. The third-order valence-corrected chi connectivity index (χ3v) is 10.9. The largest absolute Gasteiger partial charge is 0.493 e. The quantitative estimate of drug-likeness (QED) is 0.183. The number of benzene rings is 2. The maximum atomic E-state index is 14.1. The molecule has 266 valence electrons. The molecule has 0 N–H and O–H groups in total. The number of fused-ring (bicyclic) bond motifs is 3. The zero-order chi connectivity index (χ0) is 35.5. The second-order valence-corrected chi connectivity index (χ2v) is 12.8. The van der Waals surface area contributed by atoms with Gasteiger partial charge < -0.3 is 33.3 Å². The number of ether oxygens (including phenoxy) is 6. The molecule has 2 heterocycles. The topological polar surface area (TPSA) is 113 Å². The van der Waals surface area contributed by atoms with Crippen LogP contribution in [-0.4, -0.2) is 88.9 Å². The average Bonchev–Trinajstić information content (AvgIpc) is 3.13. The lowest BCUT2D eigenvalue weighted by atomic mass is 9.54. The number of carbonyl (C=O) groups is 3. The van der Waals surface area contributed by atoms with Gasteiger partial charge in [0.05, 0.1) is 47.2 Å². The van der Waals surface area contributed by atoms with E-state index in [-0.39, 0.29) is 44.4 Å². The van der Waals surface area contributed by atoms with E-state index >= 15 is 0 Å². The summed E-state index contributed by atoms with van der Waals surface area (Å²) in [5.41, 5.74) is 1.42. The van der Waals surface area contributed by atoms with Gasteiger partial charge in [-0.05, 0) is 105 Å². The van der Waals surface area contributed by atoms with Crippen molar-refractivity contribution in [3.8, 4) is 23.0 Å². The predicted octanol–water partition coefficient (Wildman–Crippen LogP) is 5.02. The van der Waals surface area contributed by atoms with E-state index in [4.69, 9.17) is 28.4 Å². The first-order chi connectivity index (χ1) is 23.6. The molecular formula is C38H50N2O9. The molecule has 1 unspecified atom stereocenters. The van der Waals surface area contributed by atoms with E-state index in [1.54, 1.807) is 42.3 Å². The lowest BCUT2D eigenvalue weighted by Gasteiger charge is -2.60. The van der Waals surface area contributed by atoms with Gasteiger partial charge in [-0.25, -0.2) is 0 Å². The molecule has 0 bridgehead atoms. The molecule has 1 saturated carbocycles. The van der Waals surface area contributed by atoms with Gasteiger partial charge in [-0.3, -0.25) is 19.3 Å². The monoisotopic (exact) mass is 678 g/mol. The van der Waals surface area contributed by atoms with Crippen molar-refractivity contribution in [2.45, 2.75) is 64.5 Å². The van der Waals surface area contributed by atoms with Crippen molar-refractivity contribution in [3.05, 3.63) is 59.2 Å². The predicted molar refractivity (Wildman–Crippen MR) is 183 cm³/mol. The highest BCUT2D eigenvalue weighted by Crippen LogP contribution is 2.61. The van der Waals surface area contributed by atoms with Crippen molar-refractivity contribution in [1.29, 1.82) is 0 Å². The Hall–Kier alpha value is -4.25. The van der Waals surface area contributed by atoms with Crippen molar-refractivity contribution in [3.63, 3.8) is 0 Å². The van der Waals surface area contributed by atoms with Crippen LogP contribution in [0.25, 0.3) is 0 Å². The van der Waals surface area contributed by atoms with E-state index in [9.17, 15) is 14.4 Å². The van der Waals surface area contributed by atoms with Crippen LogP contribution in [0.4, 0.5) is 0 Å². The summed E-state index contributed by atoms with van der Waals surface area (Å²) in [7, 11) is 6.42. The number of likely N-dealkylation sites (N-methyl/N-ethyl adjacent to an activating group) is 1. The van der Waals surface area contributed by atoms with Crippen molar-refractivity contribution < 1.29 is 42.8 Å². The highest BCUT2D eigenvalue weighted by molar-refractivity contribution is 6.00. The molecule has 49 heavy (non-hydrogen) atoms. The summed E-state index contributed by atoms with van der Waals surface area (Å²) in [5, 5.41) is 0. The molecule has 3 aliphatic rings. The number of methoxy groups -OCH3 is 4. The highest BCUT2D eigenvalue weighted by Gasteiger charge is 2.64. The van der Waals surface area contributed by atoms with Crippen LogP contribution in [0.2, 0.25) is 0 Å². The number of hydrogen-bond acceptors (Lipinski definition) is 10. The molecule has 0 aromatic heterocycles. The molecule has 0 radical (unpaired) electrons. The van der Waals surface area contributed by atoms with Gasteiger partial charge in [-0.1, -0.05) is 13.5 Å². The molecule has 1 fully saturated rings. The molecule has 5 rings (SSSR count). The summed E-state index contributed by atoms with van der Waals surface area (Å²) in [4.78, 5) is 46.6. The van der Waals surface area contributed by atoms with Gasteiger partial charge in [0.15, 0.2) is 28.4 Å². The van der Waals surface area contributed by atoms with E-state index in [0.717, 1.165) is 35.2 Å². The standard InChI is InChI=1S/C38H50N2O9/c1-9-33(41)40-18-14-25-20-30(45-6)32(47-8)22-27(25)38(40)16-15-37(35(42)48-11-3,36(43)49-12-4)23-28(38)34-26-21-31(46-7)29(44-5)19-24(26)13-17-39(34)10-2/h9,19-22,28,34H,1,10-18,23H2,2-8H3/t28-,34?,38+/m1/s1. The molecular weight excluding hydrogens is 628 g/mol. The summed E-state index contributed by atoms with van der Waals surface area (Å²) < 4.78 is 34.4. The molecule has 2 aromatic carbocycles. The fraction of sp³-hybridized carbons (Fsp3) is 0.553. The highest BCUT2D eigenvalue weighted by atomic mass is 16.6. The second kappa shape index (κ2) is 14.7. The summed E-state index contributed by atoms with van der Waals surface area (Å²) in [6.07, 6.45) is 3.17. The van der Waals surface area contributed by atoms with Crippen LogP contribution in [0.5, 0.6) is 23.0 Å². The van der Waals surface area contributed by atoms with Crippen LogP contribution in [-0.2, 0) is 42.2 Å². The van der Waals surface area contributed by atoms with E-state index < -0.39 is 28.8 Å². The zero-order valence-corrected chi connectivity index (χ0v) is 29.9. The molecule has 2 aromatic rings. The fourth-order valence-corrected chi connectivity index (χ4v) is 8.65. The lowest BCUT2D eigenvalue weighted by molar-refractivity contribution is -0.184. The smallest absolute Gasteiger partial charge is 0.323 e. The lowest BCUT2D eigenvalue weighted by Crippen LogP contribution is -2.64. The Balaban J connectivity index is 1.88. The minimum absolute atomic E-state index is 0.0777. The molecule has 11 heteroatoms. The third kappa shape index (κ3) is 5.89. The first-order valence-corrected chi connectivity index (χ1v) is 17.2. The Bertz CT molecular complexity index is 1570. The molecule has 1 spiro atoms. The Labute approximate surface area is 289 Å². The van der Waals surface area contributed by atoms with Gasteiger partial charge in [-0.15, -0.1) is 0 Å². The van der Waals surface area contributed by atoms with Gasteiger partial charge in [0.1, 0.15) is 0 Å². The van der Waals surface area contributed by atoms with Gasteiger partial charge in [0.25, 0.3) is 0 Å².